The lowest BCUT2D eigenvalue weighted by molar-refractivity contribution is 0.0526. The first kappa shape index (κ1) is 24.2. The first-order chi connectivity index (χ1) is 16.1. The van der Waals surface area contributed by atoms with E-state index < -0.39 is 5.97 Å². The normalized spacial score (nSPS) is 10.6. The van der Waals surface area contributed by atoms with Gasteiger partial charge in [0.2, 0.25) is 0 Å². The van der Waals surface area contributed by atoms with Crippen LogP contribution in [0.4, 0.5) is 11.4 Å². The van der Waals surface area contributed by atoms with Crippen LogP contribution in [0.5, 0.6) is 5.75 Å². The monoisotopic (exact) mass is 458 g/mol. The number of ether oxygens (including phenoxy) is 2. The number of aromatic nitrogens is 2. The second-order valence-corrected chi connectivity index (χ2v) is 7.01. The van der Waals surface area contributed by atoms with Crippen LogP contribution in [0.25, 0.3) is 16.9 Å². The zero-order chi connectivity index (χ0) is 23.2. The number of esters is 1. The third kappa shape index (κ3) is 5.12. The molecule has 8 heteroatoms. The van der Waals surface area contributed by atoms with Crippen molar-refractivity contribution >= 4 is 17.3 Å². The number of nitrogens with zero attached hydrogens (tertiary/aromatic N) is 3. The number of aromatic amines is 1. The summed E-state index contributed by atoms with van der Waals surface area (Å²) in [6, 6.07) is 23.0. The van der Waals surface area contributed by atoms with Gasteiger partial charge in [0.05, 0.1) is 36.3 Å². The summed E-state index contributed by atoms with van der Waals surface area (Å²) in [6.45, 7) is 2.05. The molecule has 1 N–H and O–H groups in total. The van der Waals surface area contributed by atoms with Crippen LogP contribution in [0.2, 0.25) is 0 Å². The van der Waals surface area contributed by atoms with E-state index in [4.69, 9.17) is 9.47 Å². The predicted octanol–water partition coefficient (Wildman–Crippen LogP) is 6.07. The number of benzene rings is 3. The topological polar surface area (TPSA) is 98.0 Å². The van der Waals surface area contributed by atoms with Gasteiger partial charge < -0.3 is 9.47 Å². The molecule has 0 spiro atoms. The van der Waals surface area contributed by atoms with Crippen LogP contribution in [0.1, 0.15) is 24.7 Å². The van der Waals surface area contributed by atoms with Crippen molar-refractivity contribution in [1.29, 1.82) is 0 Å². The number of para-hydroxylation sites is 1. The number of carbonyl (C=O) groups is 1. The quantitative estimate of drug-likeness (QED) is 0.268. The number of hydrogen-bond donors (Lipinski definition) is 1. The summed E-state index contributed by atoms with van der Waals surface area (Å²) in [6.07, 6.45) is 0. The summed E-state index contributed by atoms with van der Waals surface area (Å²) in [7, 11) is 1.59. The molecule has 4 rings (SSSR count). The molecule has 0 aliphatic carbocycles. The van der Waals surface area contributed by atoms with Crippen LogP contribution in [-0.2, 0) is 4.74 Å². The molecule has 174 valence electrons. The summed E-state index contributed by atoms with van der Waals surface area (Å²) in [5.74, 6) is 0.299. The zero-order valence-corrected chi connectivity index (χ0v) is 18.2. The van der Waals surface area contributed by atoms with Crippen molar-refractivity contribution < 1.29 is 14.3 Å². The van der Waals surface area contributed by atoms with Crippen molar-refractivity contribution in [3.05, 3.63) is 94.8 Å². The van der Waals surface area contributed by atoms with E-state index in [-0.39, 0.29) is 18.7 Å². The fraction of sp³-hybridized carbons (Fsp3) is 0.154. The zero-order valence-electron chi connectivity index (χ0n) is 18.2. The Hall–Kier alpha value is -4.46. The van der Waals surface area contributed by atoms with Gasteiger partial charge in [0.25, 0.3) is 5.56 Å². The lowest BCUT2D eigenvalue weighted by atomic mass is 10.1. The minimum atomic E-state index is -0.404. The van der Waals surface area contributed by atoms with Gasteiger partial charge in [-0.05, 0) is 67.6 Å². The SMILES string of the molecule is C.CCOC(=O)c1ccc(N=Nc2c(-c3ccc(OC)cc3)[nH]n(-c3ccccc3)c2=O)cc1. The Balaban J connectivity index is 0.00000324. The highest BCUT2D eigenvalue weighted by atomic mass is 16.5. The van der Waals surface area contributed by atoms with Crippen molar-refractivity contribution in [2.75, 3.05) is 13.7 Å². The smallest absolute Gasteiger partial charge is 0.338 e. The molecule has 1 aromatic heterocycles. The Kier molecular flexibility index (Phi) is 7.76. The summed E-state index contributed by atoms with van der Waals surface area (Å²) in [5.41, 5.74) is 2.71. The van der Waals surface area contributed by atoms with Crippen molar-refractivity contribution in [1.82, 2.24) is 9.78 Å². The van der Waals surface area contributed by atoms with Gasteiger partial charge in [-0.1, -0.05) is 25.6 Å². The van der Waals surface area contributed by atoms with E-state index in [1.165, 1.54) is 4.68 Å². The maximum Gasteiger partial charge on any atom is 0.338 e. The van der Waals surface area contributed by atoms with Crippen LogP contribution >= 0.6 is 0 Å². The maximum absolute atomic E-state index is 13.2. The van der Waals surface area contributed by atoms with Crippen molar-refractivity contribution in [2.24, 2.45) is 10.2 Å². The van der Waals surface area contributed by atoms with Crippen LogP contribution in [0.3, 0.4) is 0 Å². The molecular weight excluding hydrogens is 432 g/mol. The fourth-order valence-corrected chi connectivity index (χ4v) is 3.23. The average Bonchev–Trinajstić information content (AvgIpc) is 3.19. The molecule has 34 heavy (non-hydrogen) atoms. The van der Waals surface area contributed by atoms with Gasteiger partial charge in [0.1, 0.15) is 5.75 Å². The lowest BCUT2D eigenvalue weighted by Crippen LogP contribution is -2.13. The van der Waals surface area contributed by atoms with Crippen LogP contribution in [-0.4, -0.2) is 29.5 Å². The van der Waals surface area contributed by atoms with E-state index in [0.29, 0.717) is 35.0 Å². The van der Waals surface area contributed by atoms with Crippen LogP contribution in [0.15, 0.2) is 93.9 Å². The minimum absolute atomic E-state index is 0. The Morgan fingerprint density at radius 1 is 0.941 bits per heavy atom. The van der Waals surface area contributed by atoms with Crippen molar-refractivity contribution in [3.8, 4) is 22.7 Å². The Morgan fingerprint density at radius 2 is 1.62 bits per heavy atom. The number of carbonyl (C=O) groups excluding carboxylic acids is 1. The second-order valence-electron chi connectivity index (χ2n) is 7.01. The summed E-state index contributed by atoms with van der Waals surface area (Å²) in [5, 5.41) is 11.6. The van der Waals surface area contributed by atoms with Gasteiger partial charge in [-0.15, -0.1) is 5.11 Å². The van der Waals surface area contributed by atoms with E-state index in [1.54, 1.807) is 38.3 Å². The van der Waals surface area contributed by atoms with E-state index >= 15 is 0 Å². The molecule has 0 saturated heterocycles. The lowest BCUT2D eigenvalue weighted by Gasteiger charge is -2.03. The Labute approximate surface area is 197 Å². The molecule has 0 saturated carbocycles. The van der Waals surface area contributed by atoms with Crippen molar-refractivity contribution in [3.63, 3.8) is 0 Å². The second kappa shape index (κ2) is 10.9. The maximum atomic E-state index is 13.2. The highest BCUT2D eigenvalue weighted by Gasteiger charge is 2.17. The van der Waals surface area contributed by atoms with E-state index in [2.05, 4.69) is 15.3 Å². The Morgan fingerprint density at radius 3 is 2.24 bits per heavy atom. The van der Waals surface area contributed by atoms with Crippen LogP contribution < -0.4 is 10.3 Å². The number of hydrogen-bond acceptors (Lipinski definition) is 6. The number of methoxy groups -OCH3 is 1. The summed E-state index contributed by atoms with van der Waals surface area (Å²) >= 11 is 0. The first-order valence-electron chi connectivity index (χ1n) is 10.3. The van der Waals surface area contributed by atoms with Gasteiger partial charge in [-0.25, -0.2) is 9.48 Å². The molecule has 8 nitrogen and oxygen atoms in total. The number of nitrogens with one attached hydrogen (secondary N) is 1. The standard InChI is InChI=1S/C25H22N4O4.CH4/c1-3-33-25(31)18-9-13-19(14-10-18)26-27-23-22(17-11-15-21(32-2)16-12-17)28-29(24(23)30)20-7-5-4-6-8-20;/h4-16,28H,3H2,1-2H3;1H4. The number of H-pyrrole nitrogens is 1. The molecule has 0 bridgehead atoms. The number of azo groups is 1. The predicted molar refractivity (Wildman–Crippen MR) is 132 cm³/mol. The first-order valence-corrected chi connectivity index (χ1v) is 10.3. The van der Waals surface area contributed by atoms with Crippen molar-refractivity contribution in [2.45, 2.75) is 14.4 Å². The average molecular weight is 459 g/mol. The highest BCUT2D eigenvalue weighted by molar-refractivity contribution is 5.89. The minimum Gasteiger partial charge on any atom is -0.497 e. The van der Waals surface area contributed by atoms with E-state index in [0.717, 1.165) is 5.56 Å². The number of rotatable bonds is 7. The third-order valence-corrected chi connectivity index (χ3v) is 4.90. The highest BCUT2D eigenvalue weighted by Crippen LogP contribution is 2.29. The molecule has 0 aliphatic heterocycles. The molecule has 1 heterocycles. The molecule has 0 fully saturated rings. The van der Waals surface area contributed by atoms with Gasteiger partial charge in [0, 0.05) is 5.56 Å². The summed E-state index contributed by atoms with van der Waals surface area (Å²) in [4.78, 5) is 25.0. The van der Waals surface area contributed by atoms with Gasteiger partial charge in [-0.3, -0.25) is 9.89 Å². The molecule has 0 aliphatic rings. The van der Waals surface area contributed by atoms with E-state index in [9.17, 15) is 9.59 Å². The molecule has 4 aromatic rings. The largest absolute Gasteiger partial charge is 0.497 e. The fourth-order valence-electron chi connectivity index (χ4n) is 3.23. The molecular formula is C26H26N4O4. The molecule has 0 radical (unpaired) electrons. The van der Waals surface area contributed by atoms with E-state index in [1.807, 2.05) is 54.6 Å². The molecule has 0 amide bonds. The van der Waals surface area contributed by atoms with Crippen LogP contribution in [0, 0.1) is 0 Å². The van der Waals surface area contributed by atoms with Gasteiger partial charge in [-0.2, -0.15) is 5.11 Å². The molecule has 0 atom stereocenters. The third-order valence-electron chi connectivity index (χ3n) is 4.90. The Bertz CT molecular complexity index is 1320. The molecule has 0 unspecified atom stereocenters. The van der Waals surface area contributed by atoms with Gasteiger partial charge in [0.15, 0.2) is 5.69 Å². The summed E-state index contributed by atoms with van der Waals surface area (Å²) < 4.78 is 11.6. The van der Waals surface area contributed by atoms with Gasteiger partial charge >= 0.3 is 5.97 Å². The molecule has 3 aromatic carbocycles.